The zero-order valence-corrected chi connectivity index (χ0v) is 22.7. The van der Waals surface area contributed by atoms with E-state index in [1.54, 1.807) is 22.7 Å². The van der Waals surface area contributed by atoms with Crippen molar-refractivity contribution >= 4 is 47.0 Å². The summed E-state index contributed by atoms with van der Waals surface area (Å²) in [4.78, 5) is 0. The molecule has 0 spiro atoms. The second-order valence-electron chi connectivity index (χ2n) is 10.9. The van der Waals surface area contributed by atoms with Crippen LogP contribution in [0.4, 0.5) is 0 Å². The van der Waals surface area contributed by atoms with Gasteiger partial charge in [0.15, 0.2) is 0 Å². The summed E-state index contributed by atoms with van der Waals surface area (Å²) in [7, 11) is 0. The Kier molecular flexibility index (Phi) is 7.12. The summed E-state index contributed by atoms with van der Waals surface area (Å²) in [6, 6.07) is 17.8. The van der Waals surface area contributed by atoms with E-state index < -0.39 is 0 Å². The second-order valence-corrected chi connectivity index (χ2v) is 12.4. The molecule has 4 rings (SSSR count). The van der Waals surface area contributed by atoms with E-state index in [1.807, 2.05) is 0 Å². The highest BCUT2D eigenvalue weighted by molar-refractivity contribution is 7.09. The van der Waals surface area contributed by atoms with Gasteiger partial charge in [-0.3, -0.25) is 0 Å². The Morgan fingerprint density at radius 3 is 1.15 bits per heavy atom. The van der Waals surface area contributed by atoms with Crippen molar-refractivity contribution in [2.75, 3.05) is 0 Å². The van der Waals surface area contributed by atoms with Crippen molar-refractivity contribution in [3.63, 3.8) is 0 Å². The number of hydrogen-bond donors (Lipinski definition) is 0. The van der Waals surface area contributed by atoms with Gasteiger partial charge in [0.25, 0.3) is 0 Å². The molecule has 0 saturated carbocycles. The molecule has 0 N–H and O–H groups in total. The third-order valence-corrected chi connectivity index (χ3v) is 7.66. The summed E-state index contributed by atoms with van der Waals surface area (Å²) in [6.45, 7) is 13.5. The van der Waals surface area contributed by atoms with Gasteiger partial charge in [-0.15, -0.1) is 0 Å². The first-order valence-electron chi connectivity index (χ1n) is 11.8. The predicted octanol–water partition coefficient (Wildman–Crippen LogP) is 10.4. The lowest BCUT2D eigenvalue weighted by Gasteiger charge is -2.18. The minimum atomic E-state index is 0.181. The Bertz CT molecular complexity index is 1180. The van der Waals surface area contributed by atoms with Gasteiger partial charge in [-0.1, -0.05) is 114 Å². The van der Waals surface area contributed by atoms with E-state index in [0.717, 1.165) is 0 Å². The van der Waals surface area contributed by atoms with Crippen LogP contribution in [0.5, 0.6) is 0 Å². The van der Waals surface area contributed by atoms with E-state index in [-0.39, 0.29) is 10.8 Å². The average molecular weight is 483 g/mol. The molecule has 0 radical (unpaired) electrons. The van der Waals surface area contributed by atoms with Gasteiger partial charge in [-0.2, -0.15) is 22.7 Å². The van der Waals surface area contributed by atoms with Gasteiger partial charge < -0.3 is 0 Å². The summed E-state index contributed by atoms with van der Waals surface area (Å²) in [5.41, 5.74) is 10.7. The monoisotopic (exact) mass is 482 g/mol. The number of rotatable bonds is 5. The smallest absolute Gasteiger partial charge is 0.00102 e. The molecule has 2 heteroatoms. The number of thiophene rings is 2. The minimum absolute atomic E-state index is 0.181. The van der Waals surface area contributed by atoms with E-state index in [4.69, 9.17) is 0 Å². The van der Waals surface area contributed by atoms with Gasteiger partial charge in [-0.05, 0) is 65.7 Å². The molecule has 0 aliphatic rings. The third-order valence-electron chi connectivity index (χ3n) is 6.14. The topological polar surface area (TPSA) is 0 Å². The molecule has 2 aromatic carbocycles. The first-order valence-corrected chi connectivity index (χ1v) is 13.7. The lowest BCUT2D eigenvalue weighted by molar-refractivity contribution is 0.590. The maximum Gasteiger partial charge on any atom is 0.00102 e. The minimum Gasteiger partial charge on any atom is -0.151 e. The zero-order valence-electron chi connectivity index (χ0n) is 21.1. The molecule has 0 aliphatic carbocycles. The van der Waals surface area contributed by atoms with Crippen LogP contribution < -0.4 is 0 Å². The highest BCUT2D eigenvalue weighted by Gasteiger charge is 2.14. The Morgan fingerprint density at radius 1 is 0.471 bits per heavy atom. The summed E-state index contributed by atoms with van der Waals surface area (Å²) in [6.07, 6.45) is 8.93. The highest BCUT2D eigenvalue weighted by atomic mass is 32.1. The first kappa shape index (κ1) is 24.4. The summed E-state index contributed by atoms with van der Waals surface area (Å²) >= 11 is 3.52. The van der Waals surface area contributed by atoms with Crippen molar-refractivity contribution in [1.82, 2.24) is 0 Å². The lowest BCUT2D eigenvalue weighted by Crippen LogP contribution is -2.10. The molecule has 0 bridgehead atoms. The van der Waals surface area contributed by atoms with Gasteiger partial charge in [0.2, 0.25) is 0 Å². The molecule has 0 aliphatic heterocycles. The van der Waals surface area contributed by atoms with E-state index >= 15 is 0 Å². The summed E-state index contributed by atoms with van der Waals surface area (Å²) in [5.74, 6) is 0. The third kappa shape index (κ3) is 5.87. The van der Waals surface area contributed by atoms with Crippen LogP contribution in [0.25, 0.3) is 35.4 Å². The van der Waals surface area contributed by atoms with Crippen LogP contribution in [-0.4, -0.2) is 0 Å². The van der Waals surface area contributed by atoms with Crippen molar-refractivity contribution in [1.29, 1.82) is 0 Å². The zero-order chi connectivity index (χ0) is 24.3. The Morgan fingerprint density at radius 2 is 0.824 bits per heavy atom. The first-order chi connectivity index (χ1) is 16.1. The quantitative estimate of drug-likeness (QED) is 0.265. The van der Waals surface area contributed by atoms with Crippen molar-refractivity contribution in [3.05, 3.63) is 103 Å². The van der Waals surface area contributed by atoms with Crippen molar-refractivity contribution < 1.29 is 0 Å². The van der Waals surface area contributed by atoms with Crippen LogP contribution in [0.2, 0.25) is 0 Å². The standard InChI is InChI=1S/C32H34S2/c1-31(2,3)27-15-9-23(10-16-27)7-13-25-19-33-21-29(25)30-22-34-20-26(30)14-8-24-11-17-28(18-12-24)32(4,5)6/h7-22H,1-6H3. The number of hydrogen-bond acceptors (Lipinski definition) is 2. The van der Waals surface area contributed by atoms with E-state index in [0.29, 0.717) is 0 Å². The molecule has 4 aromatic rings. The molecule has 34 heavy (non-hydrogen) atoms. The Labute approximate surface area is 213 Å². The van der Waals surface area contributed by atoms with Gasteiger partial charge in [0.05, 0.1) is 0 Å². The van der Waals surface area contributed by atoms with Crippen LogP contribution in [-0.2, 0) is 10.8 Å². The molecule has 0 atom stereocenters. The molecular weight excluding hydrogens is 448 g/mol. The highest BCUT2D eigenvalue weighted by Crippen LogP contribution is 2.35. The van der Waals surface area contributed by atoms with Crippen LogP contribution >= 0.6 is 22.7 Å². The molecule has 0 fully saturated rings. The normalized spacial score (nSPS) is 12.8. The molecule has 174 valence electrons. The van der Waals surface area contributed by atoms with Gasteiger partial charge in [-0.25, -0.2) is 0 Å². The lowest BCUT2D eigenvalue weighted by atomic mass is 9.86. The van der Waals surface area contributed by atoms with Gasteiger partial charge >= 0.3 is 0 Å². The van der Waals surface area contributed by atoms with E-state index in [2.05, 4.69) is 136 Å². The fraction of sp³-hybridized carbons (Fsp3) is 0.250. The largest absolute Gasteiger partial charge is 0.151 e. The van der Waals surface area contributed by atoms with Crippen LogP contribution in [0.3, 0.4) is 0 Å². The van der Waals surface area contributed by atoms with E-state index in [1.165, 1.54) is 44.5 Å². The molecule has 0 saturated heterocycles. The molecule has 0 nitrogen and oxygen atoms in total. The van der Waals surface area contributed by atoms with Crippen LogP contribution in [0.1, 0.15) is 74.9 Å². The Hall–Kier alpha value is -2.68. The van der Waals surface area contributed by atoms with Gasteiger partial charge in [0.1, 0.15) is 0 Å². The second kappa shape index (κ2) is 9.90. The predicted molar refractivity (Wildman–Crippen MR) is 156 cm³/mol. The van der Waals surface area contributed by atoms with Crippen molar-refractivity contribution in [2.45, 2.75) is 52.4 Å². The molecule has 0 unspecified atom stereocenters. The summed E-state index contributed by atoms with van der Waals surface area (Å²) < 4.78 is 0. The number of benzene rings is 2. The maximum atomic E-state index is 2.26. The Balaban J connectivity index is 1.53. The van der Waals surface area contributed by atoms with E-state index in [9.17, 15) is 0 Å². The van der Waals surface area contributed by atoms with Crippen molar-refractivity contribution in [3.8, 4) is 11.1 Å². The van der Waals surface area contributed by atoms with Crippen molar-refractivity contribution in [2.24, 2.45) is 0 Å². The molecular formula is C32H34S2. The fourth-order valence-electron chi connectivity index (χ4n) is 3.87. The fourth-order valence-corrected chi connectivity index (χ4v) is 5.51. The maximum absolute atomic E-state index is 2.26. The van der Waals surface area contributed by atoms with Crippen LogP contribution in [0.15, 0.2) is 70.1 Å². The summed E-state index contributed by atoms with van der Waals surface area (Å²) in [5, 5.41) is 9.01. The molecule has 0 amide bonds. The SMILES string of the molecule is CC(C)(C)c1ccc(C=Cc2cscc2-c2cscc2C=Cc2ccc(C(C)(C)C)cc2)cc1. The van der Waals surface area contributed by atoms with Crippen LogP contribution in [0, 0.1) is 0 Å². The molecule has 2 heterocycles. The van der Waals surface area contributed by atoms with Gasteiger partial charge in [0, 0.05) is 11.1 Å². The average Bonchev–Trinajstić information content (AvgIpc) is 3.44. The molecule has 2 aromatic heterocycles.